The average molecular weight is 421 g/mol. The highest BCUT2D eigenvalue weighted by Crippen LogP contribution is 2.66. The maximum Gasteiger partial charge on any atom is 0.409 e. The number of aromatic nitrogens is 2. The molecule has 2 aliphatic carbocycles. The van der Waals surface area contributed by atoms with Crippen molar-refractivity contribution < 1.29 is 28.7 Å². The van der Waals surface area contributed by atoms with Crippen LogP contribution in [-0.4, -0.2) is 61.2 Å². The molecule has 0 aromatic carbocycles. The predicted octanol–water partition coefficient (Wildman–Crippen LogP) is 0.951. The lowest BCUT2D eigenvalue weighted by molar-refractivity contribution is -0.759. The Labute approximate surface area is 176 Å². The van der Waals surface area contributed by atoms with Gasteiger partial charge in [0.2, 0.25) is 5.27 Å². The van der Waals surface area contributed by atoms with Crippen molar-refractivity contribution in [3.8, 4) is 0 Å². The zero-order chi connectivity index (χ0) is 21.5. The lowest BCUT2D eigenvalue weighted by atomic mass is 9.70. The van der Waals surface area contributed by atoms with E-state index < -0.39 is 6.08 Å². The van der Waals surface area contributed by atoms with Crippen molar-refractivity contribution in [2.75, 3.05) is 37.8 Å². The van der Waals surface area contributed by atoms with Crippen LogP contribution in [-0.2, 0) is 9.47 Å². The molecule has 2 bridgehead atoms. The van der Waals surface area contributed by atoms with E-state index in [1.807, 2.05) is 5.01 Å². The third-order valence-corrected chi connectivity index (χ3v) is 7.67. The number of amides is 1. The third kappa shape index (κ3) is 3.45. The molecule has 2 saturated carbocycles. The summed E-state index contributed by atoms with van der Waals surface area (Å²) < 4.78 is 15.9. The van der Waals surface area contributed by atoms with Gasteiger partial charge in [-0.15, -0.1) is 5.01 Å². The van der Waals surface area contributed by atoms with Crippen LogP contribution < -0.4 is 14.9 Å². The van der Waals surface area contributed by atoms with Gasteiger partial charge in [0.1, 0.15) is 0 Å². The molecule has 30 heavy (non-hydrogen) atoms. The fraction of sp³-hybridized carbons (Fsp3) is 0.800. The van der Waals surface area contributed by atoms with Gasteiger partial charge in [-0.3, -0.25) is 4.52 Å². The minimum absolute atomic E-state index is 0.0111. The number of nitrogens with zero attached hydrogens (tertiary/aromatic N) is 5. The van der Waals surface area contributed by atoms with E-state index in [0.717, 1.165) is 12.8 Å². The number of carbonyl (C=O) groups is 1. The fourth-order valence-corrected chi connectivity index (χ4v) is 5.26. The smallest absolute Gasteiger partial charge is 0.409 e. The molecular formula is C20H31N5O5. The van der Waals surface area contributed by atoms with E-state index in [-0.39, 0.29) is 28.9 Å². The normalized spacial score (nSPS) is 30.6. The lowest BCUT2D eigenvalue weighted by Crippen LogP contribution is -2.65. The second-order valence-electron chi connectivity index (χ2n) is 9.19. The second kappa shape index (κ2) is 7.63. The molecule has 0 radical (unpaired) electrons. The predicted molar refractivity (Wildman–Crippen MR) is 104 cm³/mol. The zero-order valence-electron chi connectivity index (χ0n) is 18.2. The van der Waals surface area contributed by atoms with Crippen LogP contribution in [0.5, 0.6) is 0 Å². The largest absolute Gasteiger partial charge is 0.596 e. The first-order valence-corrected chi connectivity index (χ1v) is 10.7. The number of carbonyl (C=O) groups excluding carboxylic acids is 1. The Morgan fingerprint density at radius 3 is 2.70 bits per heavy atom. The summed E-state index contributed by atoms with van der Waals surface area (Å²) in [4.78, 5) is 18.9. The highest BCUT2D eigenvalue weighted by atomic mass is 16.6. The molecule has 0 spiro atoms. The van der Waals surface area contributed by atoms with Crippen molar-refractivity contribution in [1.29, 1.82) is 0 Å². The first-order valence-electron chi connectivity index (χ1n) is 10.7. The van der Waals surface area contributed by atoms with Crippen molar-refractivity contribution in [1.82, 2.24) is 10.2 Å². The SMILES string of the molecule is CCOC(=O)N1CCN([n+]2cc(N=C([O-])OC3CC4CCC3(C)C4(C)C)on2)CC1. The van der Waals surface area contributed by atoms with Crippen LogP contribution in [0.25, 0.3) is 0 Å². The van der Waals surface area contributed by atoms with Crippen molar-refractivity contribution in [2.45, 2.75) is 53.1 Å². The van der Waals surface area contributed by atoms with E-state index >= 15 is 0 Å². The summed E-state index contributed by atoms with van der Waals surface area (Å²) in [6.07, 6.45) is 3.65. The number of hydrogen-bond acceptors (Lipinski definition) is 8. The topological polar surface area (TPSA) is 107 Å². The quantitative estimate of drug-likeness (QED) is 0.405. The molecule has 10 heteroatoms. The Morgan fingerprint density at radius 1 is 1.37 bits per heavy atom. The molecular weight excluding hydrogens is 390 g/mol. The number of hydrogen-bond donors (Lipinski definition) is 0. The second-order valence-corrected chi connectivity index (χ2v) is 9.19. The monoisotopic (exact) mass is 421 g/mol. The Kier molecular flexibility index (Phi) is 5.27. The maximum absolute atomic E-state index is 12.4. The number of fused-ring (bicyclic) bond motifs is 2. The Bertz CT molecular complexity index is 816. The standard InChI is InChI=1S/C20H31N5O5/c1-5-28-18(27)23-8-10-24(11-9-23)25-13-16(30-22-25)21-17(26)29-15-12-14-6-7-20(15,4)19(14,2)3/h13-15H,5-12H2,1-4H3. The summed E-state index contributed by atoms with van der Waals surface area (Å²) >= 11 is 0. The van der Waals surface area contributed by atoms with Gasteiger partial charge in [-0.2, -0.15) is 4.99 Å². The summed E-state index contributed by atoms with van der Waals surface area (Å²) in [5, 5.41) is 18.2. The molecule has 166 valence electrons. The summed E-state index contributed by atoms with van der Waals surface area (Å²) in [5.74, 6) is 0.682. The zero-order valence-corrected chi connectivity index (χ0v) is 18.2. The molecule has 3 unspecified atom stereocenters. The van der Waals surface area contributed by atoms with Crippen LogP contribution >= 0.6 is 0 Å². The van der Waals surface area contributed by atoms with Gasteiger partial charge in [0, 0.05) is 19.2 Å². The van der Waals surface area contributed by atoms with Crippen molar-refractivity contribution in [3.05, 3.63) is 6.20 Å². The number of piperazine rings is 1. The van der Waals surface area contributed by atoms with Crippen LogP contribution in [0, 0.1) is 16.7 Å². The Morgan fingerprint density at radius 2 is 2.10 bits per heavy atom. The molecule has 1 saturated heterocycles. The lowest BCUT2D eigenvalue weighted by Gasteiger charge is -2.42. The molecule has 2 heterocycles. The van der Waals surface area contributed by atoms with Crippen LogP contribution in [0.4, 0.5) is 10.7 Å². The number of aliphatic imine (C=N–C) groups is 1. The number of ether oxygens (including phenoxy) is 2. The molecule has 1 aromatic heterocycles. The van der Waals surface area contributed by atoms with Crippen LogP contribution in [0.1, 0.15) is 47.0 Å². The Hall–Kier alpha value is -2.52. The Balaban J connectivity index is 1.35. The molecule has 0 N–H and O–H groups in total. The molecule has 1 aliphatic heterocycles. The van der Waals surface area contributed by atoms with E-state index in [2.05, 4.69) is 31.0 Å². The van der Waals surface area contributed by atoms with E-state index in [0.29, 0.717) is 38.7 Å². The van der Waals surface area contributed by atoms with Gasteiger partial charge in [0.15, 0.2) is 6.08 Å². The van der Waals surface area contributed by atoms with Crippen LogP contribution in [0.2, 0.25) is 0 Å². The van der Waals surface area contributed by atoms with Gasteiger partial charge < -0.3 is 19.5 Å². The molecule has 3 atom stereocenters. The van der Waals surface area contributed by atoms with Crippen LogP contribution in [0.3, 0.4) is 0 Å². The van der Waals surface area contributed by atoms with Gasteiger partial charge in [-0.25, -0.2) is 4.79 Å². The third-order valence-electron chi connectivity index (χ3n) is 7.67. The minimum atomic E-state index is -0.639. The minimum Gasteiger partial charge on any atom is -0.596 e. The van der Waals surface area contributed by atoms with Gasteiger partial charge in [0.05, 0.1) is 24.5 Å². The summed E-state index contributed by atoms with van der Waals surface area (Å²) in [5.41, 5.74) is 0.154. The van der Waals surface area contributed by atoms with E-state index in [9.17, 15) is 9.90 Å². The summed E-state index contributed by atoms with van der Waals surface area (Å²) in [7, 11) is 0. The van der Waals surface area contributed by atoms with Crippen LogP contribution in [0.15, 0.2) is 15.7 Å². The maximum atomic E-state index is 12.4. The number of rotatable bonds is 4. The highest BCUT2D eigenvalue weighted by Gasteiger charge is 2.60. The fourth-order valence-electron chi connectivity index (χ4n) is 5.26. The van der Waals surface area contributed by atoms with Crippen molar-refractivity contribution in [2.24, 2.45) is 21.7 Å². The van der Waals surface area contributed by atoms with Gasteiger partial charge in [-0.1, -0.05) is 20.8 Å². The molecule has 3 fully saturated rings. The van der Waals surface area contributed by atoms with Gasteiger partial charge >= 0.3 is 12.0 Å². The molecule has 1 aromatic rings. The molecule has 4 rings (SSSR count). The summed E-state index contributed by atoms with van der Waals surface area (Å²) in [6.45, 7) is 11.1. The van der Waals surface area contributed by atoms with E-state index in [1.54, 1.807) is 18.0 Å². The molecule has 1 amide bonds. The van der Waals surface area contributed by atoms with E-state index in [4.69, 9.17) is 14.0 Å². The highest BCUT2D eigenvalue weighted by molar-refractivity contribution is 5.67. The molecule has 10 nitrogen and oxygen atoms in total. The van der Waals surface area contributed by atoms with Crippen molar-refractivity contribution >= 4 is 18.1 Å². The summed E-state index contributed by atoms with van der Waals surface area (Å²) in [6, 6.07) is 0. The first-order chi connectivity index (χ1) is 14.2. The van der Waals surface area contributed by atoms with E-state index in [1.165, 1.54) is 11.2 Å². The average Bonchev–Trinajstić information content (AvgIpc) is 3.31. The van der Waals surface area contributed by atoms with Gasteiger partial charge in [-0.05, 0) is 42.9 Å². The van der Waals surface area contributed by atoms with Crippen molar-refractivity contribution in [3.63, 3.8) is 0 Å². The van der Waals surface area contributed by atoms with Gasteiger partial charge in [0.25, 0.3) is 6.20 Å². The first kappa shape index (κ1) is 20.7. The molecule has 3 aliphatic rings.